The number of ketones is 3. The monoisotopic (exact) mass is 999 g/mol. The number of rotatable bonds is 13. The van der Waals surface area contributed by atoms with Crippen molar-refractivity contribution in [1.29, 1.82) is 0 Å². The van der Waals surface area contributed by atoms with E-state index >= 15 is 0 Å². The van der Waals surface area contributed by atoms with Crippen LogP contribution < -0.4 is 15.2 Å². The molecule has 70 heavy (non-hydrogen) atoms. The second-order valence-electron chi connectivity index (χ2n) is 18.0. The van der Waals surface area contributed by atoms with Crippen LogP contribution in [0.4, 0.5) is 0 Å². The van der Waals surface area contributed by atoms with Crippen molar-refractivity contribution < 1.29 is 123 Å². The number of benzene rings is 2. The molecule has 2 aromatic rings. The summed E-state index contributed by atoms with van der Waals surface area (Å²) < 4.78 is 53.1. The summed E-state index contributed by atoms with van der Waals surface area (Å²) in [4.78, 5) is 43.9. The summed E-state index contributed by atoms with van der Waals surface area (Å²) >= 11 is 0. The van der Waals surface area contributed by atoms with Crippen LogP contribution in [0.25, 0.3) is 0 Å². The lowest BCUT2D eigenvalue weighted by Crippen LogP contribution is -2.61. The molecule has 2 aromatic carbocycles. The van der Waals surface area contributed by atoms with Gasteiger partial charge >= 0.3 is 0 Å². The van der Waals surface area contributed by atoms with Crippen molar-refractivity contribution in [1.82, 2.24) is 0 Å². The zero-order valence-electron chi connectivity index (χ0n) is 37.4. The van der Waals surface area contributed by atoms with Gasteiger partial charge in [-0.15, -0.1) is 0 Å². The second kappa shape index (κ2) is 20.9. The Hall–Kier alpha value is -3.95. The van der Waals surface area contributed by atoms with Gasteiger partial charge in [0.15, 0.2) is 24.7 Å². The van der Waals surface area contributed by atoms with E-state index < -0.39 is 213 Å². The van der Waals surface area contributed by atoms with Crippen LogP contribution in [0.2, 0.25) is 0 Å². The highest BCUT2D eigenvalue weighted by molar-refractivity contribution is 6.31. The number of carbonyl (C=O) groups excluding carboxylic acids is 3. The normalized spacial score (nSPS) is 40.8. The first-order valence-electron chi connectivity index (χ1n) is 22.4. The minimum absolute atomic E-state index is 0.0810. The molecule has 21 atom stereocenters. The SMILES string of the molecule is COc1cccc2c1C(=O)c1c(O)c3c(c(OC4OC(CO)C(O)C(O)C4O)c1C2=O)C(C(C)=O)[C@H](OC1OC(CO)C(O)C(O)C1O)C[C@@H]3OC1CC(N)C(OC2OC(CO)C(O)C(O)C2O)CO1. The lowest BCUT2D eigenvalue weighted by Gasteiger charge is -2.46. The summed E-state index contributed by atoms with van der Waals surface area (Å²) in [5, 5.41) is 138. The summed E-state index contributed by atoms with van der Waals surface area (Å²) in [6.45, 7) is -1.89. The van der Waals surface area contributed by atoms with Crippen LogP contribution in [-0.2, 0) is 38.0 Å². The van der Waals surface area contributed by atoms with Crippen molar-refractivity contribution in [3.63, 3.8) is 0 Å². The number of aliphatic hydroxyl groups is 12. The molecule has 0 amide bonds. The number of aromatic hydroxyl groups is 1. The molecule has 0 radical (unpaired) electrons. The van der Waals surface area contributed by atoms with E-state index in [9.17, 15) is 80.8 Å². The fourth-order valence-corrected chi connectivity index (χ4v) is 9.87. The van der Waals surface area contributed by atoms with E-state index in [0.29, 0.717) is 0 Å². The maximum absolute atomic E-state index is 14.9. The van der Waals surface area contributed by atoms with Crippen molar-refractivity contribution in [2.75, 3.05) is 33.5 Å². The molecular weight excluding hydrogens is 942 g/mol. The van der Waals surface area contributed by atoms with Crippen molar-refractivity contribution >= 4 is 17.3 Å². The van der Waals surface area contributed by atoms with Gasteiger partial charge in [-0.1, -0.05) is 12.1 Å². The fourth-order valence-electron chi connectivity index (χ4n) is 9.87. The van der Waals surface area contributed by atoms with Crippen molar-refractivity contribution in [2.24, 2.45) is 5.73 Å². The lowest BCUT2D eigenvalue weighted by molar-refractivity contribution is -0.327. The van der Waals surface area contributed by atoms with Crippen LogP contribution in [0.3, 0.4) is 0 Å². The highest BCUT2D eigenvalue weighted by Crippen LogP contribution is 2.56. The standard InChI is InChI=1S/C44H57NO25/c1-12(49)23-16(65-42-38(59)35(56)30(51)18(8-46)66-42)7-17(64-22-6-14(45)21(11-63-22)69-43-39(60)36(57)31(52)19(9-47)67-43)25-26(23)41(70-44-40(61)37(58)32(53)20(10-48)68-44)28-27(34(25)55)33(54)24-13(29(28)50)4-3-5-15(24)62-2/h3-5,14,16-23,30-32,35-40,42-44,46-48,51-53,55-61H,6-11,45H2,1-2H3/t14?,16-,17+,18?,19?,20?,21?,22?,23?,30?,31?,32?,35?,36?,37?,38?,39?,40?,42?,43?,44?/m1/s1. The fraction of sp³-hybridized carbons (Fsp3) is 0.659. The first-order chi connectivity index (χ1) is 33.3. The van der Waals surface area contributed by atoms with Gasteiger partial charge in [0.1, 0.15) is 96.3 Å². The van der Waals surface area contributed by atoms with Gasteiger partial charge in [0, 0.05) is 35.6 Å². The number of Topliss-reactive ketones (excluding diaryl/α,β-unsaturated/α-hetero) is 1. The number of nitrogens with two attached hydrogens (primary N) is 1. The third kappa shape index (κ3) is 9.12. The Labute approximate surface area is 396 Å². The third-order valence-electron chi connectivity index (χ3n) is 13.7. The van der Waals surface area contributed by atoms with E-state index in [1.165, 1.54) is 25.3 Å². The molecule has 4 fully saturated rings. The summed E-state index contributed by atoms with van der Waals surface area (Å²) in [5.41, 5.74) is 3.73. The molecular formula is C44H57NO25. The first-order valence-corrected chi connectivity index (χ1v) is 22.4. The Bertz CT molecular complexity index is 2260. The summed E-state index contributed by atoms with van der Waals surface area (Å²) in [6, 6.07) is 3.01. The number of carbonyl (C=O) groups is 3. The van der Waals surface area contributed by atoms with Gasteiger partial charge in [0.05, 0.1) is 74.5 Å². The van der Waals surface area contributed by atoms with E-state index in [4.69, 9.17) is 48.4 Å². The highest BCUT2D eigenvalue weighted by Gasteiger charge is 2.54. The van der Waals surface area contributed by atoms with Gasteiger partial charge in [0.2, 0.25) is 12.1 Å². The molecule has 0 aromatic heterocycles. The number of hydrogen-bond donors (Lipinski definition) is 14. The smallest absolute Gasteiger partial charge is 0.229 e. The molecule has 6 aliphatic rings. The minimum atomic E-state index is -2.15. The van der Waals surface area contributed by atoms with Crippen LogP contribution in [0.5, 0.6) is 17.2 Å². The van der Waals surface area contributed by atoms with Gasteiger partial charge in [-0.3, -0.25) is 14.4 Å². The van der Waals surface area contributed by atoms with Crippen LogP contribution in [0.1, 0.15) is 74.8 Å². The number of fused-ring (bicyclic) bond motifs is 3. The number of aliphatic hydroxyl groups excluding tert-OH is 12. The summed E-state index contributed by atoms with van der Waals surface area (Å²) in [5.74, 6) is -6.25. The maximum Gasteiger partial charge on any atom is 0.229 e. The Morgan fingerprint density at radius 2 is 1.19 bits per heavy atom. The average molecular weight is 1000 g/mol. The first kappa shape index (κ1) is 52.4. The van der Waals surface area contributed by atoms with E-state index in [0.717, 1.165) is 6.92 Å². The van der Waals surface area contributed by atoms with Crippen LogP contribution in [0, 0.1) is 0 Å². The predicted molar refractivity (Wildman–Crippen MR) is 224 cm³/mol. The topological polar surface area (TPSA) is 423 Å². The zero-order chi connectivity index (χ0) is 50.8. The molecule has 26 heteroatoms. The molecule has 19 unspecified atom stereocenters. The van der Waals surface area contributed by atoms with Crippen LogP contribution in [-0.4, -0.2) is 234 Å². The van der Waals surface area contributed by atoms with E-state index in [2.05, 4.69) is 0 Å². The number of phenols is 1. The maximum atomic E-state index is 14.9. The Balaban J connectivity index is 1.25. The predicted octanol–water partition coefficient (Wildman–Crippen LogP) is -6.07. The lowest BCUT2D eigenvalue weighted by atomic mass is 9.71. The Kier molecular flexibility index (Phi) is 15.6. The van der Waals surface area contributed by atoms with Gasteiger partial charge in [-0.25, -0.2) is 0 Å². The van der Waals surface area contributed by atoms with Crippen LogP contribution in [0.15, 0.2) is 18.2 Å². The number of methoxy groups -OCH3 is 1. The summed E-state index contributed by atoms with van der Waals surface area (Å²) in [6.07, 6.45) is -33.7. The molecule has 4 heterocycles. The average Bonchev–Trinajstić information content (AvgIpc) is 3.34. The largest absolute Gasteiger partial charge is 0.507 e. The number of phenolic OH excluding ortho intramolecular Hbond substituents is 1. The molecule has 4 saturated heterocycles. The summed E-state index contributed by atoms with van der Waals surface area (Å²) in [7, 11) is 1.23. The molecule has 8 rings (SSSR count). The van der Waals surface area contributed by atoms with Crippen molar-refractivity contribution in [3.05, 3.63) is 51.6 Å². The van der Waals surface area contributed by atoms with E-state index in [-0.39, 0.29) is 23.3 Å². The van der Waals surface area contributed by atoms with Gasteiger partial charge in [-0.2, -0.15) is 0 Å². The quantitative estimate of drug-likeness (QED) is 0.0758. The molecule has 0 bridgehead atoms. The second-order valence-corrected chi connectivity index (χ2v) is 18.0. The molecule has 2 aliphatic carbocycles. The molecule has 388 valence electrons. The zero-order valence-corrected chi connectivity index (χ0v) is 37.4. The highest BCUT2D eigenvalue weighted by atomic mass is 16.7. The number of ether oxygens (including phenoxy) is 9. The Morgan fingerprint density at radius 3 is 1.70 bits per heavy atom. The molecule has 0 spiro atoms. The molecule has 0 saturated carbocycles. The Morgan fingerprint density at radius 1 is 0.657 bits per heavy atom. The van der Waals surface area contributed by atoms with Crippen molar-refractivity contribution in [3.8, 4) is 17.2 Å². The third-order valence-corrected chi connectivity index (χ3v) is 13.7. The molecule has 26 nitrogen and oxygen atoms in total. The number of hydrogen-bond acceptors (Lipinski definition) is 26. The molecule has 15 N–H and O–H groups in total. The van der Waals surface area contributed by atoms with Gasteiger partial charge in [0.25, 0.3) is 0 Å². The molecule has 4 aliphatic heterocycles. The van der Waals surface area contributed by atoms with E-state index in [1.807, 2.05) is 0 Å². The van der Waals surface area contributed by atoms with Crippen LogP contribution >= 0.6 is 0 Å². The van der Waals surface area contributed by atoms with Gasteiger partial charge in [-0.05, 0) is 13.0 Å². The van der Waals surface area contributed by atoms with Crippen molar-refractivity contribution in [2.45, 2.75) is 148 Å². The minimum Gasteiger partial charge on any atom is -0.507 e. The van der Waals surface area contributed by atoms with E-state index in [1.54, 1.807) is 0 Å². The van der Waals surface area contributed by atoms with Gasteiger partial charge < -0.3 is 115 Å².